The second-order valence-electron chi connectivity index (χ2n) is 5.93. The molecule has 2 aromatic rings. The summed E-state index contributed by atoms with van der Waals surface area (Å²) in [6, 6.07) is 7.64. The number of nitrogens with one attached hydrogen (secondary N) is 1. The lowest BCUT2D eigenvalue weighted by atomic mass is 9.77. The minimum atomic E-state index is -0.913. The highest BCUT2D eigenvalue weighted by Crippen LogP contribution is 2.35. The van der Waals surface area contributed by atoms with E-state index in [2.05, 4.69) is 22.2 Å². The summed E-state index contributed by atoms with van der Waals surface area (Å²) < 4.78 is 0. The van der Waals surface area contributed by atoms with Crippen LogP contribution in [0.3, 0.4) is 0 Å². The second-order valence-corrected chi connectivity index (χ2v) is 5.93. The predicted molar refractivity (Wildman–Crippen MR) is 81.2 cm³/mol. The normalized spacial score (nSPS) is 25.7. The zero-order chi connectivity index (χ0) is 14.9. The van der Waals surface area contributed by atoms with Gasteiger partial charge in [-0.15, -0.1) is 0 Å². The number of para-hydroxylation sites is 1. The molecule has 1 saturated carbocycles. The van der Waals surface area contributed by atoms with Crippen LogP contribution in [-0.2, 0) is 4.79 Å². The van der Waals surface area contributed by atoms with Gasteiger partial charge < -0.3 is 10.4 Å². The van der Waals surface area contributed by atoms with Crippen LogP contribution in [0.1, 0.15) is 32.6 Å². The van der Waals surface area contributed by atoms with Crippen LogP contribution in [0.5, 0.6) is 0 Å². The molecule has 0 spiro atoms. The minimum Gasteiger partial charge on any atom is -0.480 e. The lowest BCUT2D eigenvalue weighted by Gasteiger charge is -2.37. The van der Waals surface area contributed by atoms with E-state index in [9.17, 15) is 9.90 Å². The molecule has 1 fully saturated rings. The van der Waals surface area contributed by atoms with Gasteiger partial charge in [-0.25, -0.2) is 14.8 Å². The summed E-state index contributed by atoms with van der Waals surface area (Å²) in [6.07, 6.45) is 4.57. The quantitative estimate of drug-likeness (QED) is 0.906. The van der Waals surface area contributed by atoms with Gasteiger partial charge in [-0.1, -0.05) is 19.1 Å². The molecule has 0 amide bonds. The number of carbonyl (C=O) groups is 1. The van der Waals surface area contributed by atoms with Gasteiger partial charge in [0.1, 0.15) is 17.7 Å². The van der Waals surface area contributed by atoms with Crippen LogP contribution >= 0.6 is 0 Å². The zero-order valence-corrected chi connectivity index (χ0v) is 12.0. The lowest BCUT2D eigenvalue weighted by Crippen LogP contribution is -2.49. The van der Waals surface area contributed by atoms with E-state index in [1.54, 1.807) is 0 Å². The molecule has 2 N–H and O–H groups in total. The summed E-state index contributed by atoms with van der Waals surface area (Å²) in [5, 5.41) is 13.8. The van der Waals surface area contributed by atoms with E-state index in [0.29, 0.717) is 24.6 Å². The average Bonchev–Trinajstić information content (AvgIpc) is 2.50. The number of benzene rings is 1. The number of nitrogens with zero attached hydrogens (tertiary/aromatic N) is 2. The SMILES string of the molecule is CC1CCC(Nc2ncnc3ccccc23)(C(=O)O)CC1. The van der Waals surface area contributed by atoms with Crippen molar-refractivity contribution in [1.29, 1.82) is 0 Å². The summed E-state index contributed by atoms with van der Waals surface area (Å²) in [7, 11) is 0. The number of aliphatic carboxylic acids is 1. The molecule has 0 aliphatic heterocycles. The maximum absolute atomic E-state index is 11.8. The average molecular weight is 285 g/mol. The molecule has 0 bridgehead atoms. The number of fused-ring (bicyclic) bond motifs is 1. The second kappa shape index (κ2) is 5.31. The summed E-state index contributed by atoms with van der Waals surface area (Å²) >= 11 is 0. The van der Waals surface area contributed by atoms with Crippen LogP contribution in [0, 0.1) is 5.92 Å². The van der Waals surface area contributed by atoms with E-state index in [0.717, 1.165) is 23.7 Å². The van der Waals surface area contributed by atoms with Gasteiger partial charge in [0, 0.05) is 5.39 Å². The van der Waals surface area contributed by atoms with Crippen molar-refractivity contribution >= 4 is 22.7 Å². The largest absolute Gasteiger partial charge is 0.480 e. The summed E-state index contributed by atoms with van der Waals surface area (Å²) in [5.41, 5.74) is -0.0939. The first kappa shape index (κ1) is 13.8. The molecule has 5 nitrogen and oxygen atoms in total. The zero-order valence-electron chi connectivity index (χ0n) is 12.0. The Balaban J connectivity index is 1.97. The Morgan fingerprint density at radius 3 is 2.71 bits per heavy atom. The summed E-state index contributed by atoms with van der Waals surface area (Å²) in [4.78, 5) is 20.3. The Morgan fingerprint density at radius 1 is 1.29 bits per heavy atom. The van der Waals surface area contributed by atoms with Crippen LogP contribution in [0.4, 0.5) is 5.82 Å². The van der Waals surface area contributed by atoms with Crippen molar-refractivity contribution in [3.8, 4) is 0 Å². The number of carboxylic acids is 1. The van der Waals surface area contributed by atoms with Gasteiger partial charge in [0.05, 0.1) is 5.52 Å². The van der Waals surface area contributed by atoms with Crippen LogP contribution in [-0.4, -0.2) is 26.6 Å². The fourth-order valence-corrected chi connectivity index (χ4v) is 2.98. The number of hydrogen-bond acceptors (Lipinski definition) is 4. The molecule has 1 aliphatic carbocycles. The molecular formula is C16H19N3O2. The standard InChI is InChI=1S/C16H19N3O2/c1-11-6-8-16(9-7-11,15(20)21)19-14-12-4-2-3-5-13(12)17-10-18-14/h2-5,10-11H,6-9H2,1H3,(H,20,21)(H,17,18,19). The molecule has 1 aliphatic rings. The van der Waals surface area contributed by atoms with Crippen LogP contribution < -0.4 is 5.32 Å². The molecule has 1 heterocycles. The van der Waals surface area contributed by atoms with Crippen molar-refractivity contribution in [2.24, 2.45) is 5.92 Å². The first-order valence-electron chi connectivity index (χ1n) is 7.32. The van der Waals surface area contributed by atoms with Crippen molar-refractivity contribution in [2.75, 3.05) is 5.32 Å². The highest BCUT2D eigenvalue weighted by atomic mass is 16.4. The predicted octanol–water partition coefficient (Wildman–Crippen LogP) is 3.08. The van der Waals surface area contributed by atoms with Gasteiger partial charge in [0.25, 0.3) is 0 Å². The van der Waals surface area contributed by atoms with E-state index in [1.807, 2.05) is 24.3 Å². The Labute approximate surface area is 123 Å². The van der Waals surface area contributed by atoms with Crippen LogP contribution in [0.2, 0.25) is 0 Å². The summed E-state index contributed by atoms with van der Waals surface area (Å²) in [6.45, 7) is 2.17. The van der Waals surface area contributed by atoms with E-state index in [-0.39, 0.29) is 0 Å². The molecule has 21 heavy (non-hydrogen) atoms. The van der Waals surface area contributed by atoms with E-state index < -0.39 is 11.5 Å². The minimum absolute atomic E-state index is 0.585. The number of aromatic nitrogens is 2. The third kappa shape index (κ3) is 2.55. The third-order valence-corrected chi connectivity index (χ3v) is 4.44. The van der Waals surface area contributed by atoms with Crippen molar-refractivity contribution < 1.29 is 9.90 Å². The number of carboxylic acid groups (broad SMARTS) is 1. The van der Waals surface area contributed by atoms with Crippen LogP contribution in [0.25, 0.3) is 10.9 Å². The molecule has 110 valence electrons. The number of hydrogen-bond donors (Lipinski definition) is 2. The molecule has 3 rings (SSSR count). The first-order valence-corrected chi connectivity index (χ1v) is 7.32. The molecule has 5 heteroatoms. The van der Waals surface area contributed by atoms with Gasteiger partial charge in [-0.3, -0.25) is 0 Å². The van der Waals surface area contributed by atoms with Gasteiger partial charge in [-0.05, 0) is 43.7 Å². The van der Waals surface area contributed by atoms with Crippen molar-refractivity contribution in [2.45, 2.75) is 38.1 Å². The van der Waals surface area contributed by atoms with Gasteiger partial charge >= 0.3 is 5.97 Å². The fraction of sp³-hybridized carbons (Fsp3) is 0.438. The third-order valence-electron chi connectivity index (χ3n) is 4.44. The molecule has 1 aromatic heterocycles. The summed E-state index contributed by atoms with van der Waals surface area (Å²) in [5.74, 6) is 0.399. The Hall–Kier alpha value is -2.17. The van der Waals surface area contributed by atoms with E-state index in [4.69, 9.17) is 0 Å². The Kier molecular flexibility index (Phi) is 3.49. The fourth-order valence-electron chi connectivity index (χ4n) is 2.98. The molecule has 0 unspecified atom stereocenters. The molecule has 1 aromatic carbocycles. The van der Waals surface area contributed by atoms with Gasteiger partial charge in [-0.2, -0.15) is 0 Å². The molecule has 0 radical (unpaired) electrons. The number of anilines is 1. The Bertz CT molecular complexity index is 658. The number of rotatable bonds is 3. The van der Waals surface area contributed by atoms with Gasteiger partial charge in [0.15, 0.2) is 0 Å². The van der Waals surface area contributed by atoms with E-state index in [1.165, 1.54) is 6.33 Å². The lowest BCUT2D eigenvalue weighted by molar-refractivity contribution is -0.143. The topological polar surface area (TPSA) is 75.1 Å². The Morgan fingerprint density at radius 2 is 2.00 bits per heavy atom. The van der Waals surface area contributed by atoms with Gasteiger partial charge in [0.2, 0.25) is 0 Å². The maximum Gasteiger partial charge on any atom is 0.329 e. The first-order chi connectivity index (χ1) is 10.1. The highest BCUT2D eigenvalue weighted by molar-refractivity contribution is 5.92. The molecular weight excluding hydrogens is 266 g/mol. The maximum atomic E-state index is 11.8. The molecule has 0 atom stereocenters. The van der Waals surface area contributed by atoms with Crippen molar-refractivity contribution in [3.05, 3.63) is 30.6 Å². The van der Waals surface area contributed by atoms with Crippen molar-refractivity contribution in [1.82, 2.24) is 9.97 Å². The monoisotopic (exact) mass is 285 g/mol. The van der Waals surface area contributed by atoms with E-state index >= 15 is 0 Å². The van der Waals surface area contributed by atoms with Crippen molar-refractivity contribution in [3.63, 3.8) is 0 Å². The smallest absolute Gasteiger partial charge is 0.329 e. The highest BCUT2D eigenvalue weighted by Gasteiger charge is 2.41. The van der Waals surface area contributed by atoms with Crippen LogP contribution in [0.15, 0.2) is 30.6 Å². The molecule has 0 saturated heterocycles.